The third-order valence-corrected chi connectivity index (χ3v) is 5.00. The Kier molecular flexibility index (Phi) is 7.44. The van der Waals surface area contributed by atoms with Gasteiger partial charge in [0.2, 0.25) is 5.91 Å². The van der Waals surface area contributed by atoms with Crippen molar-refractivity contribution in [1.82, 2.24) is 25.3 Å². The number of hydrogen-bond acceptors (Lipinski definition) is 4. The van der Waals surface area contributed by atoms with Crippen LogP contribution in [0.1, 0.15) is 47.4 Å². The lowest BCUT2D eigenvalue weighted by Gasteiger charge is -2.33. The fourth-order valence-electron chi connectivity index (χ4n) is 3.50. The Morgan fingerprint density at radius 2 is 1.88 bits per heavy atom. The lowest BCUT2D eigenvalue weighted by molar-refractivity contribution is -0.136. The first-order valence-electron chi connectivity index (χ1n) is 8.55. The summed E-state index contributed by atoms with van der Waals surface area (Å²) in [6.07, 6.45) is 3.30. The molecular weight excluding hydrogens is 342 g/mol. The number of likely N-dealkylation sites (N-methyl/N-ethyl adjacent to an activating group) is 2. The van der Waals surface area contributed by atoms with Gasteiger partial charge in [0.15, 0.2) is 0 Å². The van der Waals surface area contributed by atoms with Crippen LogP contribution in [0.15, 0.2) is 0 Å². The van der Waals surface area contributed by atoms with Crippen molar-refractivity contribution in [3.8, 4) is 0 Å². The molecule has 0 bridgehead atoms. The maximum Gasteiger partial charge on any atom is 0.255 e. The molecule has 0 saturated heterocycles. The van der Waals surface area contributed by atoms with Crippen LogP contribution in [-0.2, 0) is 11.8 Å². The Bertz CT molecular complexity index is 623. The Balaban J connectivity index is 0.00000312. The summed E-state index contributed by atoms with van der Waals surface area (Å²) in [6, 6.07) is 0. The van der Waals surface area contributed by atoms with Crippen LogP contribution in [0.5, 0.6) is 0 Å². The molecule has 0 spiro atoms. The summed E-state index contributed by atoms with van der Waals surface area (Å²) >= 11 is 0. The predicted molar refractivity (Wildman–Crippen MR) is 100 cm³/mol. The molecule has 1 aromatic heterocycles. The Morgan fingerprint density at radius 1 is 1.28 bits per heavy atom. The number of aromatic nitrogens is 2. The van der Waals surface area contributed by atoms with Gasteiger partial charge in [0, 0.05) is 32.9 Å². The fraction of sp³-hybridized carbons (Fsp3) is 0.706. The third kappa shape index (κ3) is 4.33. The van der Waals surface area contributed by atoms with E-state index in [4.69, 9.17) is 0 Å². The van der Waals surface area contributed by atoms with Gasteiger partial charge in [0.25, 0.3) is 5.91 Å². The molecule has 7 nitrogen and oxygen atoms in total. The standard InChI is InChI=1S/C17H29N5O2.ClH/c1-12-14(13(2)22(5)20-12)15(23)19-17(8-6-7-9-17)16(24)21(4)11-10-18-3;/h18H,6-11H2,1-5H3,(H,19,23);1H. The summed E-state index contributed by atoms with van der Waals surface area (Å²) in [7, 11) is 5.48. The van der Waals surface area contributed by atoms with Crippen molar-refractivity contribution in [2.24, 2.45) is 7.05 Å². The average molecular weight is 372 g/mol. The van der Waals surface area contributed by atoms with Crippen molar-refractivity contribution in [1.29, 1.82) is 0 Å². The molecule has 1 saturated carbocycles. The first-order valence-corrected chi connectivity index (χ1v) is 8.55. The van der Waals surface area contributed by atoms with Crippen LogP contribution >= 0.6 is 12.4 Å². The van der Waals surface area contributed by atoms with E-state index in [-0.39, 0.29) is 24.2 Å². The second kappa shape index (κ2) is 8.67. The predicted octanol–water partition coefficient (Wildman–Crippen LogP) is 1.18. The molecule has 1 aromatic rings. The Morgan fingerprint density at radius 3 is 2.36 bits per heavy atom. The van der Waals surface area contributed by atoms with E-state index >= 15 is 0 Å². The van der Waals surface area contributed by atoms with Gasteiger partial charge < -0.3 is 15.5 Å². The van der Waals surface area contributed by atoms with Crippen molar-refractivity contribution < 1.29 is 9.59 Å². The largest absolute Gasteiger partial charge is 0.342 e. The van der Waals surface area contributed by atoms with Crippen LogP contribution in [0.4, 0.5) is 0 Å². The molecule has 2 amide bonds. The van der Waals surface area contributed by atoms with Crippen molar-refractivity contribution in [2.45, 2.75) is 45.1 Å². The second-order valence-electron chi connectivity index (χ2n) is 6.74. The summed E-state index contributed by atoms with van der Waals surface area (Å²) in [6.45, 7) is 5.05. The molecule has 0 aliphatic heterocycles. The van der Waals surface area contributed by atoms with E-state index in [0.717, 1.165) is 25.1 Å². The van der Waals surface area contributed by atoms with Crippen LogP contribution in [0.25, 0.3) is 0 Å². The number of nitrogens with one attached hydrogen (secondary N) is 2. The van der Waals surface area contributed by atoms with Gasteiger partial charge in [-0.25, -0.2) is 0 Å². The average Bonchev–Trinajstić information content (AvgIpc) is 3.10. The highest BCUT2D eigenvalue weighted by atomic mass is 35.5. The maximum atomic E-state index is 13.0. The Hall–Kier alpha value is -1.60. The summed E-state index contributed by atoms with van der Waals surface area (Å²) in [4.78, 5) is 27.5. The number of aryl methyl sites for hydroxylation is 2. The fourth-order valence-corrected chi connectivity index (χ4v) is 3.50. The molecule has 1 fully saturated rings. The van der Waals surface area contributed by atoms with Gasteiger partial charge in [-0.1, -0.05) is 12.8 Å². The number of halogens is 1. The number of carbonyl (C=O) groups is 2. The van der Waals surface area contributed by atoms with Crippen LogP contribution in [0.2, 0.25) is 0 Å². The normalized spacial score (nSPS) is 15.6. The minimum Gasteiger partial charge on any atom is -0.342 e. The topological polar surface area (TPSA) is 79.3 Å². The highest BCUT2D eigenvalue weighted by Gasteiger charge is 2.44. The minimum absolute atomic E-state index is 0. The van der Waals surface area contributed by atoms with Crippen LogP contribution in [0, 0.1) is 13.8 Å². The van der Waals surface area contributed by atoms with E-state index in [2.05, 4.69) is 15.7 Å². The van der Waals surface area contributed by atoms with Gasteiger partial charge in [-0.3, -0.25) is 14.3 Å². The first kappa shape index (κ1) is 21.4. The number of rotatable bonds is 6. The van der Waals surface area contributed by atoms with Crippen molar-refractivity contribution >= 4 is 24.2 Å². The zero-order valence-electron chi connectivity index (χ0n) is 15.8. The van der Waals surface area contributed by atoms with Crippen molar-refractivity contribution in [3.63, 3.8) is 0 Å². The lowest BCUT2D eigenvalue weighted by atomic mass is 9.94. The molecule has 0 unspecified atom stereocenters. The van der Waals surface area contributed by atoms with Crippen LogP contribution in [-0.4, -0.2) is 59.2 Å². The molecule has 1 aliphatic rings. The molecule has 2 rings (SSSR count). The summed E-state index contributed by atoms with van der Waals surface area (Å²) in [5.74, 6) is -0.196. The smallest absolute Gasteiger partial charge is 0.255 e. The third-order valence-electron chi connectivity index (χ3n) is 5.00. The first-order chi connectivity index (χ1) is 11.3. The van der Waals surface area contributed by atoms with Gasteiger partial charge in [-0.2, -0.15) is 5.10 Å². The molecule has 0 atom stereocenters. The molecule has 0 radical (unpaired) electrons. The van der Waals surface area contributed by atoms with E-state index in [1.165, 1.54) is 0 Å². The summed E-state index contributed by atoms with van der Waals surface area (Å²) in [5, 5.41) is 10.4. The monoisotopic (exact) mass is 371 g/mol. The number of hydrogen-bond donors (Lipinski definition) is 2. The molecule has 0 aromatic carbocycles. The number of carbonyl (C=O) groups excluding carboxylic acids is 2. The quantitative estimate of drug-likeness (QED) is 0.787. The molecular formula is C17H30ClN5O2. The van der Waals surface area contributed by atoms with E-state index < -0.39 is 5.54 Å². The summed E-state index contributed by atoms with van der Waals surface area (Å²) in [5.41, 5.74) is 1.30. The molecule has 2 N–H and O–H groups in total. The van der Waals surface area contributed by atoms with Crippen molar-refractivity contribution in [2.75, 3.05) is 27.2 Å². The SMILES string of the molecule is CNCCN(C)C(=O)C1(NC(=O)c2c(C)nn(C)c2C)CCCC1.Cl. The molecule has 8 heteroatoms. The molecule has 1 heterocycles. The number of amides is 2. The van der Waals surface area contributed by atoms with E-state index in [1.54, 1.807) is 16.6 Å². The molecule has 25 heavy (non-hydrogen) atoms. The second-order valence-corrected chi connectivity index (χ2v) is 6.74. The van der Waals surface area contributed by atoms with Gasteiger partial charge in [0.1, 0.15) is 5.54 Å². The van der Waals surface area contributed by atoms with Crippen molar-refractivity contribution in [3.05, 3.63) is 17.0 Å². The summed E-state index contributed by atoms with van der Waals surface area (Å²) < 4.78 is 1.70. The highest BCUT2D eigenvalue weighted by molar-refractivity contribution is 6.00. The lowest BCUT2D eigenvalue weighted by Crippen LogP contribution is -2.58. The van der Waals surface area contributed by atoms with Crippen LogP contribution in [0.3, 0.4) is 0 Å². The zero-order valence-corrected chi connectivity index (χ0v) is 16.6. The van der Waals surface area contributed by atoms with E-state index in [9.17, 15) is 9.59 Å². The van der Waals surface area contributed by atoms with Gasteiger partial charge in [0.05, 0.1) is 11.3 Å². The highest BCUT2D eigenvalue weighted by Crippen LogP contribution is 2.32. The maximum absolute atomic E-state index is 13.0. The molecule has 1 aliphatic carbocycles. The minimum atomic E-state index is -0.783. The van der Waals surface area contributed by atoms with E-state index in [1.807, 2.05) is 27.9 Å². The van der Waals surface area contributed by atoms with Gasteiger partial charge in [-0.05, 0) is 33.7 Å². The van der Waals surface area contributed by atoms with Gasteiger partial charge >= 0.3 is 0 Å². The Labute approximate surface area is 155 Å². The van der Waals surface area contributed by atoms with Crippen LogP contribution < -0.4 is 10.6 Å². The molecule has 142 valence electrons. The van der Waals surface area contributed by atoms with E-state index in [0.29, 0.717) is 30.6 Å². The van der Waals surface area contributed by atoms with Gasteiger partial charge in [-0.15, -0.1) is 12.4 Å². The zero-order chi connectivity index (χ0) is 17.9. The number of nitrogens with zero attached hydrogens (tertiary/aromatic N) is 3.